The smallest absolute Gasteiger partial charge is 0.0258 e. The molecule has 2 atom stereocenters. The SMILES string of the molecule is CC.CC.CCCC12CC3CC(C1)C32. The Kier molecular flexibility index (Phi) is 4.04. The highest BCUT2D eigenvalue weighted by Gasteiger charge is 2.70. The maximum absolute atomic E-state index is 2.34. The van der Waals surface area contributed by atoms with E-state index in [1.54, 1.807) is 25.7 Å². The molecule has 0 nitrogen and oxygen atoms in total. The monoisotopic (exact) mass is 196 g/mol. The van der Waals surface area contributed by atoms with Gasteiger partial charge >= 0.3 is 0 Å². The Morgan fingerprint density at radius 1 is 1.00 bits per heavy atom. The quantitative estimate of drug-likeness (QED) is 0.590. The summed E-state index contributed by atoms with van der Waals surface area (Å²) >= 11 is 0. The van der Waals surface area contributed by atoms with Crippen LogP contribution in [0.25, 0.3) is 0 Å². The van der Waals surface area contributed by atoms with E-state index in [-0.39, 0.29) is 0 Å². The fraction of sp³-hybridized carbons (Fsp3) is 1.00. The van der Waals surface area contributed by atoms with Crippen molar-refractivity contribution in [1.29, 1.82) is 0 Å². The van der Waals surface area contributed by atoms with Crippen LogP contribution in [-0.4, -0.2) is 0 Å². The molecule has 0 spiro atoms. The fourth-order valence-electron chi connectivity index (χ4n) is 4.24. The maximum Gasteiger partial charge on any atom is -0.0258 e. The summed E-state index contributed by atoms with van der Waals surface area (Å²) in [6.07, 6.45) is 7.81. The molecule has 3 fully saturated rings. The lowest BCUT2D eigenvalue weighted by atomic mass is 9.28. The van der Waals surface area contributed by atoms with Crippen molar-refractivity contribution in [1.82, 2.24) is 0 Å². The van der Waals surface area contributed by atoms with Gasteiger partial charge in [0, 0.05) is 0 Å². The first-order valence-electron chi connectivity index (χ1n) is 6.86. The van der Waals surface area contributed by atoms with Gasteiger partial charge in [-0.1, -0.05) is 41.0 Å². The molecule has 3 aliphatic carbocycles. The summed E-state index contributed by atoms with van der Waals surface area (Å²) in [7, 11) is 0. The molecule has 2 unspecified atom stereocenters. The van der Waals surface area contributed by atoms with E-state index < -0.39 is 0 Å². The summed E-state index contributed by atoms with van der Waals surface area (Å²) in [6, 6.07) is 0. The molecule has 3 saturated carbocycles. The van der Waals surface area contributed by atoms with E-state index in [2.05, 4.69) is 6.92 Å². The van der Waals surface area contributed by atoms with Gasteiger partial charge in [-0.15, -0.1) is 0 Å². The van der Waals surface area contributed by atoms with Crippen LogP contribution in [-0.2, 0) is 0 Å². The number of hydrogen-bond donors (Lipinski definition) is 0. The first kappa shape index (κ1) is 12.1. The van der Waals surface area contributed by atoms with Crippen LogP contribution in [0, 0.1) is 23.2 Å². The van der Waals surface area contributed by atoms with Gasteiger partial charge in [-0.2, -0.15) is 0 Å². The lowest BCUT2D eigenvalue weighted by Crippen LogP contribution is -2.68. The Balaban J connectivity index is 0.000000222. The molecule has 0 N–H and O–H groups in total. The van der Waals surface area contributed by atoms with Gasteiger partial charge in [-0.3, -0.25) is 0 Å². The van der Waals surface area contributed by atoms with E-state index in [9.17, 15) is 0 Å². The van der Waals surface area contributed by atoms with E-state index in [0.717, 1.165) is 5.41 Å². The molecular weight excluding hydrogens is 168 g/mol. The van der Waals surface area contributed by atoms with Crippen molar-refractivity contribution in [2.24, 2.45) is 23.2 Å². The van der Waals surface area contributed by atoms with Gasteiger partial charge in [0.2, 0.25) is 0 Å². The van der Waals surface area contributed by atoms with Crippen molar-refractivity contribution in [3.05, 3.63) is 0 Å². The van der Waals surface area contributed by atoms with Crippen LogP contribution in [0.2, 0.25) is 0 Å². The normalized spacial score (nSPS) is 44.8. The third-order valence-electron chi connectivity index (χ3n) is 4.41. The molecule has 0 heteroatoms. The molecule has 14 heavy (non-hydrogen) atoms. The molecule has 0 aromatic carbocycles. The topological polar surface area (TPSA) is 0 Å². The Morgan fingerprint density at radius 3 is 1.79 bits per heavy atom. The van der Waals surface area contributed by atoms with Crippen molar-refractivity contribution >= 4 is 0 Å². The molecule has 3 rings (SSSR count). The van der Waals surface area contributed by atoms with E-state index >= 15 is 0 Å². The van der Waals surface area contributed by atoms with Gasteiger partial charge in [-0.25, -0.2) is 0 Å². The van der Waals surface area contributed by atoms with Gasteiger partial charge < -0.3 is 0 Å². The van der Waals surface area contributed by atoms with E-state index in [1.165, 1.54) is 24.2 Å². The van der Waals surface area contributed by atoms with Crippen LogP contribution in [0.15, 0.2) is 0 Å². The average molecular weight is 196 g/mol. The highest BCUT2D eigenvalue weighted by molar-refractivity contribution is 5.19. The molecule has 0 bridgehead atoms. The van der Waals surface area contributed by atoms with Gasteiger partial charge in [0.05, 0.1) is 0 Å². The number of rotatable bonds is 2. The van der Waals surface area contributed by atoms with E-state index in [1.807, 2.05) is 27.7 Å². The Bertz CT molecular complexity index is 153. The molecule has 3 aliphatic rings. The van der Waals surface area contributed by atoms with E-state index in [4.69, 9.17) is 0 Å². The zero-order chi connectivity index (χ0) is 10.8. The van der Waals surface area contributed by atoms with Crippen molar-refractivity contribution < 1.29 is 0 Å². The summed E-state index contributed by atoms with van der Waals surface area (Å²) in [4.78, 5) is 0. The first-order chi connectivity index (χ1) is 6.86. The molecule has 0 aromatic heterocycles. The van der Waals surface area contributed by atoms with Gasteiger partial charge in [0.25, 0.3) is 0 Å². The summed E-state index contributed by atoms with van der Waals surface area (Å²) in [5, 5.41) is 0. The van der Waals surface area contributed by atoms with Crippen LogP contribution in [0.1, 0.15) is 66.7 Å². The molecule has 0 radical (unpaired) electrons. The van der Waals surface area contributed by atoms with Crippen LogP contribution < -0.4 is 0 Å². The first-order valence-corrected chi connectivity index (χ1v) is 6.86. The van der Waals surface area contributed by atoms with Crippen molar-refractivity contribution in [2.45, 2.75) is 66.7 Å². The Hall–Kier alpha value is 0. The average Bonchev–Trinajstić information content (AvgIpc) is 2.23. The standard InChI is InChI=1S/C10H16.2C2H6/c1-2-3-10-5-7-4-8(6-10)9(7)10;2*1-2/h7-9H,2-6H2,1H3;2*1-2H3. The second-order valence-corrected chi connectivity index (χ2v) is 4.80. The second-order valence-electron chi connectivity index (χ2n) is 4.80. The third-order valence-corrected chi connectivity index (χ3v) is 4.41. The molecule has 0 aromatic rings. The molecule has 0 saturated heterocycles. The fourth-order valence-corrected chi connectivity index (χ4v) is 4.24. The van der Waals surface area contributed by atoms with Crippen molar-refractivity contribution in [3.8, 4) is 0 Å². The molecule has 0 aliphatic heterocycles. The largest absolute Gasteiger partial charge is 0.0683 e. The summed E-state index contributed by atoms with van der Waals surface area (Å²) in [5.74, 6) is 3.67. The van der Waals surface area contributed by atoms with Gasteiger partial charge in [0.1, 0.15) is 0 Å². The summed E-state index contributed by atoms with van der Waals surface area (Å²) in [6.45, 7) is 10.3. The lowest BCUT2D eigenvalue weighted by molar-refractivity contribution is -0.273. The zero-order valence-corrected chi connectivity index (χ0v) is 10.8. The minimum absolute atomic E-state index is 0.933. The highest BCUT2D eigenvalue weighted by Crippen LogP contribution is 2.78. The number of hydrogen-bond acceptors (Lipinski definition) is 0. The maximum atomic E-state index is 2.34. The predicted octanol–water partition coefficient (Wildman–Crippen LogP) is 4.89. The highest BCUT2D eigenvalue weighted by atomic mass is 14.7. The van der Waals surface area contributed by atoms with Crippen LogP contribution in [0.5, 0.6) is 0 Å². The molecule has 84 valence electrons. The van der Waals surface area contributed by atoms with Crippen LogP contribution >= 0.6 is 0 Å². The Morgan fingerprint density at radius 2 is 1.50 bits per heavy atom. The predicted molar refractivity (Wildman–Crippen MR) is 64.4 cm³/mol. The minimum atomic E-state index is 0.933. The Labute approximate surface area is 90.5 Å². The third kappa shape index (κ3) is 1.42. The lowest BCUT2D eigenvalue weighted by Gasteiger charge is -2.76. The molecule has 0 heterocycles. The summed E-state index contributed by atoms with van der Waals surface area (Å²) < 4.78 is 0. The van der Waals surface area contributed by atoms with E-state index in [0.29, 0.717) is 0 Å². The molecule has 0 amide bonds. The van der Waals surface area contributed by atoms with Crippen LogP contribution in [0.4, 0.5) is 0 Å². The summed E-state index contributed by atoms with van der Waals surface area (Å²) in [5.41, 5.74) is 0.933. The molecular formula is C14H28. The van der Waals surface area contributed by atoms with Crippen LogP contribution in [0.3, 0.4) is 0 Å². The van der Waals surface area contributed by atoms with Crippen molar-refractivity contribution in [3.63, 3.8) is 0 Å². The second kappa shape index (κ2) is 4.68. The zero-order valence-electron chi connectivity index (χ0n) is 10.8. The van der Waals surface area contributed by atoms with Crippen molar-refractivity contribution in [2.75, 3.05) is 0 Å². The van der Waals surface area contributed by atoms with Gasteiger partial charge in [0.15, 0.2) is 0 Å². The minimum Gasteiger partial charge on any atom is -0.0683 e. The van der Waals surface area contributed by atoms with Gasteiger partial charge in [-0.05, 0) is 48.9 Å².